The van der Waals surface area contributed by atoms with E-state index in [2.05, 4.69) is 0 Å². The number of hydrogen-bond donors (Lipinski definition) is 1. The number of rotatable bonds is 2. The van der Waals surface area contributed by atoms with Crippen molar-refractivity contribution in [3.05, 3.63) is 6.10 Å². The monoisotopic (exact) mass is 95.0 g/mol. The Kier molecular flexibility index (Phi) is 2.94. The predicted molar refractivity (Wildman–Crippen MR) is 17.1 cm³/mol. The van der Waals surface area contributed by atoms with Gasteiger partial charge < -0.3 is 5.11 Å². The van der Waals surface area contributed by atoms with E-state index in [4.69, 9.17) is 5.11 Å². The molecular formula is C3H5F2O. The van der Waals surface area contributed by atoms with Crippen molar-refractivity contribution in [1.29, 1.82) is 0 Å². The first-order chi connectivity index (χ1) is 2.81. The van der Waals surface area contributed by atoms with E-state index >= 15 is 0 Å². The van der Waals surface area contributed by atoms with Crippen LogP contribution in [0.15, 0.2) is 0 Å². The van der Waals surface area contributed by atoms with E-state index in [1.807, 2.05) is 0 Å². The topological polar surface area (TPSA) is 20.2 Å². The van der Waals surface area contributed by atoms with Gasteiger partial charge in [0.15, 0.2) is 6.10 Å². The Morgan fingerprint density at radius 1 is 1.33 bits per heavy atom. The molecule has 0 aliphatic carbocycles. The first kappa shape index (κ1) is 5.82. The van der Waals surface area contributed by atoms with Crippen LogP contribution in [0.4, 0.5) is 8.78 Å². The first-order valence-corrected chi connectivity index (χ1v) is 1.47. The van der Waals surface area contributed by atoms with Gasteiger partial charge in [0.2, 0.25) is 0 Å². The van der Waals surface area contributed by atoms with Gasteiger partial charge in [-0.05, 0) is 0 Å². The van der Waals surface area contributed by atoms with Crippen LogP contribution in [0, 0.1) is 6.10 Å². The summed E-state index contributed by atoms with van der Waals surface area (Å²) in [6.07, 6.45) is -0.741. The molecule has 0 saturated heterocycles. The number of aliphatic hydroxyl groups is 1. The maximum atomic E-state index is 10.9. The van der Waals surface area contributed by atoms with Crippen molar-refractivity contribution in [2.75, 3.05) is 13.3 Å². The average molecular weight is 95.1 g/mol. The summed E-state index contributed by atoms with van der Waals surface area (Å²) in [5.41, 5.74) is 0. The summed E-state index contributed by atoms with van der Waals surface area (Å²) in [4.78, 5) is 0. The quantitative estimate of drug-likeness (QED) is 0.538. The molecule has 6 heavy (non-hydrogen) atoms. The van der Waals surface area contributed by atoms with Crippen LogP contribution in [-0.2, 0) is 0 Å². The molecule has 3 heteroatoms. The van der Waals surface area contributed by atoms with E-state index in [1.54, 1.807) is 0 Å². The zero-order valence-electron chi connectivity index (χ0n) is 3.12. The fourth-order valence-corrected chi connectivity index (χ4v) is 0.0357. The van der Waals surface area contributed by atoms with Gasteiger partial charge in [-0.3, -0.25) is 0 Å². The summed E-state index contributed by atoms with van der Waals surface area (Å²) in [5, 5.41) is 7.83. The van der Waals surface area contributed by atoms with E-state index in [1.165, 1.54) is 0 Å². The molecule has 0 bridgehead atoms. The van der Waals surface area contributed by atoms with Gasteiger partial charge >= 0.3 is 0 Å². The van der Waals surface area contributed by atoms with Crippen LogP contribution in [0.25, 0.3) is 0 Å². The third kappa shape index (κ3) is 2.08. The molecule has 0 aliphatic heterocycles. The van der Waals surface area contributed by atoms with Crippen molar-refractivity contribution in [3.63, 3.8) is 0 Å². The Balaban J connectivity index is 2.75. The molecule has 0 saturated carbocycles. The molecule has 0 aromatic rings. The molecule has 0 fully saturated rings. The fraction of sp³-hybridized carbons (Fsp3) is 0.667. The van der Waals surface area contributed by atoms with Gasteiger partial charge in [0.25, 0.3) is 0 Å². The summed E-state index contributed by atoms with van der Waals surface area (Å²) in [5.74, 6) is 0. The number of aliphatic hydroxyl groups excluding tert-OH is 1. The van der Waals surface area contributed by atoms with Crippen molar-refractivity contribution in [3.8, 4) is 0 Å². The Morgan fingerprint density at radius 3 is 1.67 bits per heavy atom. The lowest BCUT2D eigenvalue weighted by Gasteiger charge is -1.90. The molecule has 0 amide bonds. The van der Waals surface area contributed by atoms with Crippen LogP contribution in [0.5, 0.6) is 0 Å². The van der Waals surface area contributed by atoms with Crippen molar-refractivity contribution in [1.82, 2.24) is 0 Å². The van der Waals surface area contributed by atoms with Crippen molar-refractivity contribution < 1.29 is 13.9 Å². The number of halogens is 2. The first-order valence-electron chi connectivity index (χ1n) is 1.47. The van der Waals surface area contributed by atoms with Crippen LogP contribution in [-0.4, -0.2) is 18.5 Å². The second kappa shape index (κ2) is 3.03. The summed E-state index contributed by atoms with van der Waals surface area (Å²) in [6, 6.07) is 0. The number of hydrogen-bond acceptors (Lipinski definition) is 1. The predicted octanol–water partition coefficient (Wildman–Crippen LogP) is 0.830. The second-order valence-corrected chi connectivity index (χ2v) is 0.833. The third-order valence-electron chi connectivity index (χ3n) is 0.309. The highest BCUT2D eigenvalue weighted by Crippen LogP contribution is 1.92. The van der Waals surface area contributed by atoms with Crippen molar-refractivity contribution in [2.24, 2.45) is 0 Å². The molecule has 1 radical (unpaired) electrons. The highest BCUT2D eigenvalue weighted by atomic mass is 19.1. The summed E-state index contributed by atoms with van der Waals surface area (Å²) < 4.78 is 21.7. The molecular weight excluding hydrogens is 90.0 g/mol. The molecule has 0 heterocycles. The molecule has 0 spiro atoms. The minimum Gasteiger partial charge on any atom is -0.381 e. The molecule has 0 rings (SSSR count). The van der Waals surface area contributed by atoms with Crippen LogP contribution in [0.1, 0.15) is 0 Å². The minimum atomic E-state index is -1.07. The number of alkyl halides is 2. The van der Waals surface area contributed by atoms with Crippen LogP contribution in [0.3, 0.4) is 0 Å². The van der Waals surface area contributed by atoms with E-state index in [-0.39, 0.29) is 0 Å². The maximum Gasteiger partial charge on any atom is 0.155 e. The standard InChI is InChI=1S/C3H5F2O/c4-1-3(6)2-5/h6H,1-2H2. The highest BCUT2D eigenvalue weighted by Gasteiger charge is 1.99. The van der Waals surface area contributed by atoms with Crippen LogP contribution >= 0.6 is 0 Å². The van der Waals surface area contributed by atoms with E-state index in [9.17, 15) is 8.78 Å². The lowest BCUT2D eigenvalue weighted by atomic mass is 10.4. The van der Waals surface area contributed by atoms with Crippen molar-refractivity contribution in [2.45, 2.75) is 0 Å². The van der Waals surface area contributed by atoms with Gasteiger partial charge in [-0.25, -0.2) is 8.78 Å². The van der Waals surface area contributed by atoms with E-state index < -0.39 is 19.5 Å². The molecule has 1 N–H and O–H groups in total. The van der Waals surface area contributed by atoms with Crippen LogP contribution < -0.4 is 0 Å². The van der Waals surface area contributed by atoms with Crippen molar-refractivity contribution >= 4 is 0 Å². The molecule has 0 atom stereocenters. The molecule has 0 unspecified atom stereocenters. The summed E-state index contributed by atoms with van der Waals surface area (Å²) in [6.45, 7) is -2.15. The molecule has 37 valence electrons. The Labute approximate surface area is 34.6 Å². The summed E-state index contributed by atoms with van der Waals surface area (Å²) in [7, 11) is 0. The smallest absolute Gasteiger partial charge is 0.155 e. The van der Waals surface area contributed by atoms with Gasteiger partial charge in [0.05, 0.1) is 0 Å². The van der Waals surface area contributed by atoms with Gasteiger partial charge in [-0.15, -0.1) is 0 Å². The van der Waals surface area contributed by atoms with Crippen LogP contribution in [0.2, 0.25) is 0 Å². The van der Waals surface area contributed by atoms with E-state index in [0.29, 0.717) is 0 Å². The lowest BCUT2D eigenvalue weighted by Crippen LogP contribution is -1.98. The minimum absolute atomic E-state index is 0.741. The SMILES string of the molecule is O[C](CF)CF. The average Bonchev–Trinajstić information content (AvgIpc) is 1.65. The fourth-order valence-electron chi connectivity index (χ4n) is 0.0357. The molecule has 0 aromatic carbocycles. The molecule has 0 aliphatic rings. The Morgan fingerprint density at radius 2 is 1.67 bits per heavy atom. The third-order valence-corrected chi connectivity index (χ3v) is 0.309. The zero-order valence-corrected chi connectivity index (χ0v) is 3.12. The highest BCUT2D eigenvalue weighted by molar-refractivity contribution is 4.70. The van der Waals surface area contributed by atoms with Gasteiger partial charge in [0, 0.05) is 0 Å². The van der Waals surface area contributed by atoms with E-state index in [0.717, 1.165) is 0 Å². The normalized spacial score (nSPS) is 10.0. The van der Waals surface area contributed by atoms with Gasteiger partial charge in [0.1, 0.15) is 13.3 Å². The summed E-state index contributed by atoms with van der Waals surface area (Å²) >= 11 is 0. The Hall–Kier alpha value is -0.180. The van der Waals surface area contributed by atoms with Gasteiger partial charge in [-0.1, -0.05) is 0 Å². The molecule has 1 nitrogen and oxygen atoms in total. The van der Waals surface area contributed by atoms with Gasteiger partial charge in [-0.2, -0.15) is 0 Å². The largest absolute Gasteiger partial charge is 0.381 e. The molecule has 0 aromatic heterocycles. The zero-order chi connectivity index (χ0) is 4.99. The second-order valence-electron chi connectivity index (χ2n) is 0.833. The maximum absolute atomic E-state index is 10.9. The lowest BCUT2D eigenvalue weighted by molar-refractivity contribution is 0.211. The Bertz CT molecular complexity index is 28.0.